The lowest BCUT2D eigenvalue weighted by Gasteiger charge is -2.07. The van der Waals surface area contributed by atoms with Crippen LogP contribution in [0.2, 0.25) is 0 Å². The zero-order chi connectivity index (χ0) is 22.0. The van der Waals surface area contributed by atoms with E-state index >= 15 is 0 Å². The minimum absolute atomic E-state index is 0.00110. The molecule has 0 spiro atoms. The molecule has 0 aliphatic carbocycles. The van der Waals surface area contributed by atoms with Crippen LogP contribution in [0.15, 0.2) is 67.6 Å². The van der Waals surface area contributed by atoms with Gasteiger partial charge in [0, 0.05) is 34.3 Å². The van der Waals surface area contributed by atoms with Gasteiger partial charge in [0.1, 0.15) is 9.92 Å². The molecular formula is C21H19N3O4S3. The normalized spacial score (nSPS) is 11.7. The number of nitrogens with two attached hydrogens (primary N) is 1. The van der Waals surface area contributed by atoms with Crippen LogP contribution in [0, 0.1) is 6.92 Å². The van der Waals surface area contributed by atoms with Crippen molar-refractivity contribution in [2.24, 2.45) is 5.14 Å². The first-order valence-corrected chi connectivity index (χ1v) is 12.7. The summed E-state index contributed by atoms with van der Waals surface area (Å²) in [6, 6.07) is 13.7. The Morgan fingerprint density at radius 1 is 1.23 bits per heavy atom. The van der Waals surface area contributed by atoms with Crippen molar-refractivity contribution in [1.29, 1.82) is 0 Å². The van der Waals surface area contributed by atoms with E-state index in [1.165, 1.54) is 12.1 Å². The van der Waals surface area contributed by atoms with Crippen LogP contribution in [0.4, 0.5) is 0 Å². The highest BCUT2D eigenvalue weighted by molar-refractivity contribution is 8.00. The minimum Gasteiger partial charge on any atom is -0.451 e. The third kappa shape index (κ3) is 4.99. The smallest absolute Gasteiger partial charge is 0.287 e. The Hall–Kier alpha value is -2.66. The molecule has 4 rings (SSSR count). The van der Waals surface area contributed by atoms with Crippen molar-refractivity contribution in [1.82, 2.24) is 10.3 Å². The third-order valence-corrected chi connectivity index (χ3v) is 7.60. The molecule has 31 heavy (non-hydrogen) atoms. The molecule has 4 aromatic rings. The lowest BCUT2D eigenvalue weighted by atomic mass is 10.1. The number of para-hydroxylation sites is 1. The van der Waals surface area contributed by atoms with E-state index in [1.807, 2.05) is 36.6 Å². The second-order valence-electron chi connectivity index (χ2n) is 6.82. The molecule has 160 valence electrons. The number of hydrogen-bond donors (Lipinski definition) is 2. The Bertz CT molecular complexity index is 1360. The number of thioether (sulfide) groups is 1. The monoisotopic (exact) mass is 473 g/mol. The number of benzene rings is 2. The number of nitrogens with one attached hydrogen (secondary N) is 1. The van der Waals surface area contributed by atoms with Gasteiger partial charge in [-0.1, -0.05) is 42.1 Å². The highest BCUT2D eigenvalue weighted by Crippen LogP contribution is 2.33. The summed E-state index contributed by atoms with van der Waals surface area (Å²) >= 11 is 3.11. The van der Waals surface area contributed by atoms with Crippen molar-refractivity contribution in [3.63, 3.8) is 0 Å². The van der Waals surface area contributed by atoms with Gasteiger partial charge in [-0.25, -0.2) is 18.5 Å². The summed E-state index contributed by atoms with van der Waals surface area (Å²) in [6.45, 7) is 2.08. The SMILES string of the molecule is Cc1csc(SCc2c(C(=O)NCc3cccc(S(N)(=O)=O)c3)oc3ccccc23)n1. The molecule has 2 aromatic heterocycles. The third-order valence-electron chi connectivity index (χ3n) is 4.52. The maximum atomic E-state index is 12.9. The Labute approximate surface area is 187 Å². The average Bonchev–Trinajstić information content (AvgIpc) is 3.33. The molecule has 2 aromatic carbocycles. The van der Waals surface area contributed by atoms with Crippen LogP contribution in [0.3, 0.4) is 0 Å². The Balaban J connectivity index is 1.56. The first-order valence-electron chi connectivity index (χ1n) is 9.26. The summed E-state index contributed by atoms with van der Waals surface area (Å²) in [5.41, 5.74) is 3.01. The van der Waals surface area contributed by atoms with Crippen LogP contribution >= 0.6 is 23.1 Å². The summed E-state index contributed by atoms with van der Waals surface area (Å²) < 4.78 is 29.9. The van der Waals surface area contributed by atoms with Gasteiger partial charge in [-0.15, -0.1) is 11.3 Å². The summed E-state index contributed by atoms with van der Waals surface area (Å²) in [5, 5.41) is 10.9. The van der Waals surface area contributed by atoms with Crippen molar-refractivity contribution >= 4 is 50.0 Å². The number of nitrogens with zero attached hydrogens (tertiary/aromatic N) is 1. The maximum absolute atomic E-state index is 12.9. The van der Waals surface area contributed by atoms with Crippen LogP contribution in [-0.4, -0.2) is 19.3 Å². The highest BCUT2D eigenvalue weighted by atomic mass is 32.2. The van der Waals surface area contributed by atoms with Gasteiger partial charge < -0.3 is 9.73 Å². The summed E-state index contributed by atoms with van der Waals surface area (Å²) in [5.74, 6) is 0.404. The van der Waals surface area contributed by atoms with Gasteiger partial charge in [0.05, 0.1) is 4.90 Å². The van der Waals surface area contributed by atoms with Gasteiger partial charge >= 0.3 is 0 Å². The zero-order valence-corrected chi connectivity index (χ0v) is 18.9. The number of amides is 1. The topological polar surface area (TPSA) is 115 Å². The van der Waals surface area contributed by atoms with Crippen LogP contribution in [0.25, 0.3) is 11.0 Å². The molecule has 0 radical (unpaired) electrons. The van der Waals surface area contributed by atoms with E-state index in [-0.39, 0.29) is 23.1 Å². The molecule has 0 unspecified atom stereocenters. The number of rotatable bonds is 7. The molecule has 2 heterocycles. The fraction of sp³-hybridized carbons (Fsp3) is 0.143. The van der Waals surface area contributed by atoms with Crippen LogP contribution < -0.4 is 10.5 Å². The number of sulfonamides is 1. The number of thiazole rings is 1. The van der Waals surface area contributed by atoms with Gasteiger partial charge in [-0.2, -0.15) is 0 Å². The number of carbonyl (C=O) groups is 1. The molecule has 0 saturated heterocycles. The van der Waals surface area contributed by atoms with Gasteiger partial charge in [0.25, 0.3) is 5.91 Å². The van der Waals surface area contributed by atoms with Gasteiger partial charge in [-0.3, -0.25) is 4.79 Å². The molecule has 1 amide bonds. The number of furan rings is 1. The molecule has 3 N–H and O–H groups in total. The largest absolute Gasteiger partial charge is 0.451 e. The van der Waals surface area contributed by atoms with Crippen molar-refractivity contribution in [2.75, 3.05) is 0 Å². The molecular weight excluding hydrogens is 454 g/mol. The van der Waals surface area contributed by atoms with E-state index in [0.29, 0.717) is 16.9 Å². The number of hydrogen-bond acceptors (Lipinski definition) is 7. The second kappa shape index (κ2) is 8.83. The molecule has 7 nitrogen and oxygen atoms in total. The highest BCUT2D eigenvalue weighted by Gasteiger charge is 2.21. The molecule has 0 aliphatic rings. The average molecular weight is 474 g/mol. The fourth-order valence-corrected chi connectivity index (χ4v) is 5.51. The summed E-state index contributed by atoms with van der Waals surface area (Å²) in [6.07, 6.45) is 0. The minimum atomic E-state index is -3.81. The first-order chi connectivity index (χ1) is 14.8. The lowest BCUT2D eigenvalue weighted by Crippen LogP contribution is -2.23. The Morgan fingerprint density at radius 3 is 2.77 bits per heavy atom. The molecule has 0 fully saturated rings. The number of carbonyl (C=O) groups excluding carboxylic acids is 1. The Kier molecular flexibility index (Phi) is 6.15. The number of aromatic nitrogens is 1. The van der Waals surface area contributed by atoms with E-state index in [0.717, 1.165) is 21.0 Å². The van der Waals surface area contributed by atoms with Crippen molar-refractivity contribution in [3.05, 3.63) is 76.5 Å². The molecule has 0 aliphatic heterocycles. The van der Waals surface area contributed by atoms with Gasteiger partial charge in [0.15, 0.2) is 5.76 Å². The predicted molar refractivity (Wildman–Crippen MR) is 122 cm³/mol. The summed E-state index contributed by atoms with van der Waals surface area (Å²) in [7, 11) is -3.81. The van der Waals surface area contributed by atoms with Crippen LogP contribution in [0.1, 0.15) is 27.4 Å². The van der Waals surface area contributed by atoms with Crippen molar-refractivity contribution in [2.45, 2.75) is 28.5 Å². The van der Waals surface area contributed by atoms with E-state index in [4.69, 9.17) is 9.56 Å². The van der Waals surface area contributed by atoms with E-state index in [9.17, 15) is 13.2 Å². The summed E-state index contributed by atoms with van der Waals surface area (Å²) in [4.78, 5) is 17.4. The molecule has 0 atom stereocenters. The van der Waals surface area contributed by atoms with Crippen LogP contribution in [0.5, 0.6) is 0 Å². The van der Waals surface area contributed by atoms with Crippen molar-refractivity contribution in [3.8, 4) is 0 Å². The first kappa shape index (κ1) is 21.6. The zero-order valence-electron chi connectivity index (χ0n) is 16.5. The van der Waals surface area contributed by atoms with Gasteiger partial charge in [0.2, 0.25) is 10.0 Å². The number of aryl methyl sites for hydroxylation is 1. The number of primary sulfonamides is 1. The van der Waals surface area contributed by atoms with E-state index in [1.54, 1.807) is 35.2 Å². The standard InChI is InChI=1S/C21H19N3O4S3/c1-13-11-29-21(24-13)30-12-17-16-7-2-3-8-18(16)28-19(17)20(25)23-10-14-5-4-6-15(9-14)31(22,26)27/h2-9,11H,10,12H2,1H3,(H,23,25)(H2,22,26,27). The van der Waals surface area contributed by atoms with E-state index in [2.05, 4.69) is 10.3 Å². The fourth-order valence-electron chi connectivity index (χ4n) is 3.05. The molecule has 10 heteroatoms. The van der Waals surface area contributed by atoms with Gasteiger partial charge in [-0.05, 0) is 30.7 Å². The Morgan fingerprint density at radius 2 is 2.03 bits per heavy atom. The predicted octanol–water partition coefficient (Wildman–Crippen LogP) is 4.07. The molecule has 0 bridgehead atoms. The maximum Gasteiger partial charge on any atom is 0.287 e. The van der Waals surface area contributed by atoms with E-state index < -0.39 is 10.0 Å². The number of fused-ring (bicyclic) bond motifs is 1. The lowest BCUT2D eigenvalue weighted by molar-refractivity contribution is 0.0924. The van der Waals surface area contributed by atoms with Crippen LogP contribution in [-0.2, 0) is 22.3 Å². The quantitative estimate of drug-likeness (QED) is 0.391. The second-order valence-corrected chi connectivity index (χ2v) is 10.5. The van der Waals surface area contributed by atoms with Crippen molar-refractivity contribution < 1.29 is 17.6 Å². The molecule has 0 saturated carbocycles.